The zero-order chi connectivity index (χ0) is 24.6. The number of carbonyl (C=O) groups is 1. The lowest BCUT2D eigenvalue weighted by Gasteiger charge is -2.39. The number of likely N-dealkylation sites (tertiary alicyclic amines) is 1. The summed E-state index contributed by atoms with van der Waals surface area (Å²) in [6.07, 6.45) is 0.830. The molecular weight excluding hydrogens is 464 g/mol. The average molecular weight is 489 g/mol. The summed E-state index contributed by atoms with van der Waals surface area (Å²) in [7, 11) is -2.52. The van der Waals surface area contributed by atoms with E-state index in [1.807, 2.05) is 42.5 Å². The van der Waals surface area contributed by atoms with Gasteiger partial charge in [-0.1, -0.05) is 36.3 Å². The van der Waals surface area contributed by atoms with Gasteiger partial charge in [0.15, 0.2) is 16.5 Å². The topological polar surface area (TPSA) is 123 Å². The van der Waals surface area contributed by atoms with Crippen molar-refractivity contribution in [1.29, 1.82) is 0 Å². The van der Waals surface area contributed by atoms with Crippen molar-refractivity contribution >= 4 is 26.9 Å². The summed E-state index contributed by atoms with van der Waals surface area (Å²) in [5.74, 6) is 12.5. The van der Waals surface area contributed by atoms with Crippen LogP contribution in [-0.4, -0.2) is 37.3 Å². The van der Waals surface area contributed by atoms with Gasteiger partial charge in [0.1, 0.15) is 0 Å². The van der Waals surface area contributed by atoms with E-state index >= 15 is 0 Å². The summed E-state index contributed by atoms with van der Waals surface area (Å²) in [6.45, 7) is 1.04. The number of benzene rings is 2. The van der Waals surface area contributed by atoms with Crippen molar-refractivity contribution in [3.8, 4) is 11.8 Å². The van der Waals surface area contributed by atoms with E-state index in [-0.39, 0.29) is 16.7 Å². The van der Waals surface area contributed by atoms with Gasteiger partial charge < -0.3 is 15.1 Å². The molecule has 0 radical (unpaired) electrons. The SMILES string of the molecule is NCc1ccc2c(c1)C1(CCN(C(=O)c3ccc(C#Cc4ccccc4)o3)CC1)C(=S(=O)=O)N2N. The molecule has 2 aromatic carbocycles. The molecule has 5 rings (SSSR count). The molecule has 178 valence electrons. The molecule has 35 heavy (non-hydrogen) atoms. The van der Waals surface area contributed by atoms with Crippen molar-refractivity contribution in [3.05, 3.63) is 88.9 Å². The highest BCUT2D eigenvalue weighted by atomic mass is 32.2. The molecule has 8 nitrogen and oxygen atoms in total. The zero-order valence-electron chi connectivity index (χ0n) is 18.9. The summed E-state index contributed by atoms with van der Waals surface area (Å²) in [5, 5.41) is 1.25. The van der Waals surface area contributed by atoms with Gasteiger partial charge >= 0.3 is 0 Å². The van der Waals surface area contributed by atoms with Gasteiger partial charge in [-0.25, -0.2) is 5.84 Å². The molecule has 9 heteroatoms. The van der Waals surface area contributed by atoms with Crippen LogP contribution in [0.1, 0.15) is 45.8 Å². The second kappa shape index (κ2) is 9.07. The van der Waals surface area contributed by atoms with E-state index < -0.39 is 15.7 Å². The molecule has 1 aromatic heterocycles. The predicted octanol–water partition coefficient (Wildman–Crippen LogP) is 2.01. The maximum atomic E-state index is 13.1. The quantitative estimate of drug-likeness (QED) is 0.321. The van der Waals surface area contributed by atoms with Crippen LogP contribution < -0.4 is 16.6 Å². The Bertz CT molecular complexity index is 1480. The first kappa shape index (κ1) is 22.9. The first-order valence-electron chi connectivity index (χ1n) is 11.2. The smallest absolute Gasteiger partial charge is 0.289 e. The average Bonchev–Trinajstić information content (AvgIpc) is 3.44. The highest BCUT2D eigenvalue weighted by Crippen LogP contribution is 2.47. The second-order valence-corrected chi connectivity index (χ2v) is 9.48. The molecule has 1 fully saturated rings. The molecule has 3 aromatic rings. The molecular formula is C26H24N4O4S. The number of furan rings is 1. The lowest BCUT2D eigenvalue weighted by molar-refractivity contribution is 0.0665. The van der Waals surface area contributed by atoms with E-state index in [4.69, 9.17) is 16.0 Å². The van der Waals surface area contributed by atoms with Gasteiger partial charge in [-0.15, -0.1) is 0 Å². The number of carbonyl (C=O) groups excluding carboxylic acids is 1. The van der Waals surface area contributed by atoms with Crippen molar-refractivity contribution < 1.29 is 17.6 Å². The third kappa shape index (κ3) is 4.02. The summed E-state index contributed by atoms with van der Waals surface area (Å²) in [6, 6.07) is 18.4. The van der Waals surface area contributed by atoms with Gasteiger partial charge in [0.05, 0.1) is 11.1 Å². The Morgan fingerprint density at radius 2 is 1.77 bits per heavy atom. The van der Waals surface area contributed by atoms with Crippen molar-refractivity contribution in [1.82, 2.24) is 4.90 Å². The number of rotatable bonds is 2. The van der Waals surface area contributed by atoms with E-state index in [1.165, 1.54) is 5.01 Å². The number of hydrazine groups is 1. The van der Waals surface area contributed by atoms with Crippen molar-refractivity contribution in [3.63, 3.8) is 0 Å². The van der Waals surface area contributed by atoms with E-state index in [9.17, 15) is 13.2 Å². The van der Waals surface area contributed by atoms with Crippen LogP contribution in [0.25, 0.3) is 0 Å². The van der Waals surface area contributed by atoms with Crippen molar-refractivity contribution in [2.45, 2.75) is 24.8 Å². The minimum atomic E-state index is -2.52. The fraction of sp³-hybridized carbons (Fsp3) is 0.231. The molecule has 0 bridgehead atoms. The van der Waals surface area contributed by atoms with Crippen LogP contribution in [0.4, 0.5) is 5.69 Å². The number of fused-ring (bicyclic) bond motifs is 2. The van der Waals surface area contributed by atoms with Gasteiger partial charge in [0.25, 0.3) is 5.91 Å². The van der Waals surface area contributed by atoms with Crippen LogP contribution in [0.3, 0.4) is 0 Å². The Balaban J connectivity index is 1.37. The number of piperidine rings is 1. The van der Waals surface area contributed by atoms with Crippen LogP contribution in [0.2, 0.25) is 0 Å². The molecule has 4 N–H and O–H groups in total. The molecule has 2 aliphatic rings. The minimum Gasteiger partial charge on any atom is -0.443 e. The number of nitrogens with zero attached hydrogens (tertiary/aromatic N) is 2. The van der Waals surface area contributed by atoms with Crippen LogP contribution in [0.15, 0.2) is 65.1 Å². The maximum absolute atomic E-state index is 13.1. The van der Waals surface area contributed by atoms with E-state index in [0.29, 0.717) is 43.9 Å². The van der Waals surface area contributed by atoms with Crippen molar-refractivity contribution in [2.24, 2.45) is 11.6 Å². The summed E-state index contributed by atoms with van der Waals surface area (Å²) >= 11 is 0. The number of hydrogen-bond donors (Lipinski definition) is 2. The second-order valence-electron chi connectivity index (χ2n) is 8.62. The highest BCUT2D eigenvalue weighted by Gasteiger charge is 2.51. The fourth-order valence-electron chi connectivity index (χ4n) is 4.90. The molecule has 0 unspecified atom stereocenters. The molecule has 0 aliphatic carbocycles. The molecule has 1 saturated heterocycles. The van der Waals surface area contributed by atoms with Gasteiger partial charge in [-0.05, 0) is 60.2 Å². The number of nitrogens with two attached hydrogens (primary N) is 2. The molecule has 3 heterocycles. The van der Waals surface area contributed by atoms with Crippen LogP contribution >= 0.6 is 0 Å². The monoisotopic (exact) mass is 488 g/mol. The van der Waals surface area contributed by atoms with Crippen LogP contribution in [0, 0.1) is 11.8 Å². The predicted molar refractivity (Wildman–Crippen MR) is 133 cm³/mol. The third-order valence-electron chi connectivity index (χ3n) is 6.68. The van der Waals surface area contributed by atoms with Gasteiger partial charge in [0.2, 0.25) is 10.3 Å². The first-order chi connectivity index (χ1) is 16.9. The molecule has 0 saturated carbocycles. The molecule has 1 spiro atoms. The Morgan fingerprint density at radius 3 is 2.46 bits per heavy atom. The summed E-state index contributed by atoms with van der Waals surface area (Å²) < 4.78 is 30.1. The van der Waals surface area contributed by atoms with Crippen molar-refractivity contribution in [2.75, 3.05) is 18.1 Å². The molecule has 1 amide bonds. The largest absolute Gasteiger partial charge is 0.443 e. The highest BCUT2D eigenvalue weighted by molar-refractivity contribution is 7.73. The van der Waals surface area contributed by atoms with E-state index in [1.54, 1.807) is 23.1 Å². The van der Waals surface area contributed by atoms with Gasteiger partial charge in [-0.2, -0.15) is 8.42 Å². The minimum absolute atomic E-state index is 0.130. The van der Waals surface area contributed by atoms with E-state index in [2.05, 4.69) is 11.8 Å². The Labute approximate surface area is 204 Å². The Kier molecular flexibility index (Phi) is 5.94. The summed E-state index contributed by atoms with van der Waals surface area (Å²) in [4.78, 5) is 14.9. The van der Waals surface area contributed by atoms with Crippen LogP contribution in [-0.2, 0) is 22.3 Å². The summed E-state index contributed by atoms with van der Waals surface area (Å²) in [5.41, 5.74) is 8.26. The van der Waals surface area contributed by atoms with E-state index in [0.717, 1.165) is 16.7 Å². The fourth-order valence-corrected chi connectivity index (χ4v) is 5.80. The standard InChI is InChI=1S/C26H24N4O4S/c27-17-19-7-10-22-21(16-19)26(25(30(22)28)35(32)33)12-14-29(15-13-26)24(31)23-11-9-20(34-23)8-6-18-4-2-1-3-5-18/h1-5,7,9-11,16H,12-15,17,27-28H2. The number of amides is 1. The molecule has 0 atom stereocenters. The number of hydrogen-bond acceptors (Lipinski definition) is 6. The van der Waals surface area contributed by atoms with Gasteiger partial charge in [-0.3, -0.25) is 9.80 Å². The normalized spacial score (nSPS) is 16.1. The zero-order valence-corrected chi connectivity index (χ0v) is 19.7. The maximum Gasteiger partial charge on any atom is 0.289 e. The third-order valence-corrected chi connectivity index (χ3v) is 7.59. The lowest BCUT2D eigenvalue weighted by atomic mass is 9.73. The Hall–Kier alpha value is -3.84. The number of anilines is 1. The first-order valence-corrected chi connectivity index (χ1v) is 12.3. The van der Waals surface area contributed by atoms with Crippen LogP contribution in [0.5, 0.6) is 0 Å². The molecule has 2 aliphatic heterocycles. The lowest BCUT2D eigenvalue weighted by Crippen LogP contribution is -2.51. The Morgan fingerprint density at radius 1 is 1.03 bits per heavy atom. The van der Waals surface area contributed by atoms with Gasteiger partial charge in [0, 0.05) is 25.2 Å².